The Labute approximate surface area is 114 Å². The van der Waals surface area contributed by atoms with Crippen LogP contribution >= 0.6 is 11.6 Å². The first-order valence-corrected chi connectivity index (χ1v) is 6.39. The summed E-state index contributed by atoms with van der Waals surface area (Å²) in [7, 11) is 0. The van der Waals surface area contributed by atoms with Crippen LogP contribution in [0, 0.1) is 6.92 Å². The molecule has 0 saturated heterocycles. The van der Waals surface area contributed by atoms with Crippen molar-refractivity contribution < 1.29 is 9.53 Å². The van der Waals surface area contributed by atoms with E-state index in [4.69, 9.17) is 16.3 Å². The lowest BCUT2D eigenvalue weighted by Crippen LogP contribution is -2.16. The fourth-order valence-corrected chi connectivity index (χ4v) is 2.27. The minimum absolute atomic E-state index is 0.374. The molecule has 1 aromatic carbocycles. The fourth-order valence-electron chi connectivity index (χ4n) is 1.93. The molecule has 0 spiro atoms. The van der Waals surface area contributed by atoms with Gasteiger partial charge in [0, 0.05) is 6.08 Å². The summed E-state index contributed by atoms with van der Waals surface area (Å²) >= 11 is 6.56. The van der Waals surface area contributed by atoms with Crippen molar-refractivity contribution in [1.82, 2.24) is 0 Å². The average molecular weight is 267 g/mol. The monoisotopic (exact) mass is 266 g/mol. The number of hydrogen-bond donors (Lipinski definition) is 0. The van der Waals surface area contributed by atoms with Crippen molar-refractivity contribution in [1.29, 1.82) is 0 Å². The summed E-state index contributed by atoms with van der Waals surface area (Å²) < 4.78 is 4.94. The Kier molecular flexibility index (Phi) is 5.42. The van der Waals surface area contributed by atoms with Crippen molar-refractivity contribution in [3.63, 3.8) is 0 Å². The molecule has 98 valence electrons. The Balaban J connectivity index is 2.52. The second-order valence-electron chi connectivity index (χ2n) is 4.49. The molecule has 0 heterocycles. The number of halogens is 1. The predicted octanol–water partition coefficient (Wildman–Crippen LogP) is 3.96. The fraction of sp³-hybridized carbons (Fsp3) is 0.400. The first kappa shape index (κ1) is 14.8. The average Bonchev–Trinajstić information content (AvgIpc) is 2.34. The summed E-state index contributed by atoms with van der Waals surface area (Å²) in [5.41, 5.74) is 2.31. The first-order chi connectivity index (χ1) is 8.47. The van der Waals surface area contributed by atoms with E-state index in [-0.39, 0.29) is 5.97 Å². The van der Waals surface area contributed by atoms with E-state index in [0.29, 0.717) is 6.61 Å². The van der Waals surface area contributed by atoms with Gasteiger partial charge in [-0.1, -0.05) is 30.8 Å². The normalized spacial score (nSPS) is 13.7. The topological polar surface area (TPSA) is 26.3 Å². The van der Waals surface area contributed by atoms with Crippen LogP contribution in [0.25, 0.3) is 0 Å². The number of alkyl halides is 1. The molecule has 1 atom stereocenters. The van der Waals surface area contributed by atoms with E-state index in [9.17, 15) is 4.79 Å². The molecule has 18 heavy (non-hydrogen) atoms. The first-order valence-electron chi connectivity index (χ1n) is 6.01. The molecular formula is C15H19ClO2. The maximum Gasteiger partial charge on any atom is 0.330 e. The summed E-state index contributed by atoms with van der Waals surface area (Å²) in [4.78, 5) is 10.5. The highest BCUT2D eigenvalue weighted by Gasteiger charge is 2.24. The molecule has 2 nitrogen and oxygen atoms in total. The summed E-state index contributed by atoms with van der Waals surface area (Å²) in [6.45, 7) is 7.76. The van der Waals surface area contributed by atoms with Gasteiger partial charge in [0.15, 0.2) is 0 Å². The summed E-state index contributed by atoms with van der Waals surface area (Å²) in [5.74, 6) is -0.387. The summed E-state index contributed by atoms with van der Waals surface area (Å²) in [6.07, 6.45) is 2.65. The second-order valence-corrected chi connectivity index (χ2v) is 5.32. The standard InChI is InChI=1S/C15H19ClO2/c1-4-14(17)18-11-7-10-15(3,16)13-9-6-5-8-12(13)2/h4-6,8-9H,1,7,10-11H2,2-3H3. The van der Waals surface area contributed by atoms with Crippen LogP contribution in [0.2, 0.25) is 0 Å². The Hall–Kier alpha value is -1.28. The molecule has 0 aliphatic carbocycles. The Morgan fingerprint density at radius 2 is 2.17 bits per heavy atom. The lowest BCUT2D eigenvalue weighted by Gasteiger charge is -2.24. The van der Waals surface area contributed by atoms with Gasteiger partial charge in [-0.2, -0.15) is 0 Å². The largest absolute Gasteiger partial charge is 0.463 e. The van der Waals surface area contributed by atoms with Crippen molar-refractivity contribution in [3.05, 3.63) is 48.0 Å². The molecule has 0 saturated carbocycles. The third-order valence-corrected chi connectivity index (χ3v) is 3.30. The van der Waals surface area contributed by atoms with Crippen LogP contribution in [0.1, 0.15) is 30.9 Å². The highest BCUT2D eigenvalue weighted by atomic mass is 35.5. The molecular weight excluding hydrogens is 248 g/mol. The molecule has 1 rings (SSSR count). The maximum atomic E-state index is 10.9. The number of hydrogen-bond acceptors (Lipinski definition) is 2. The van der Waals surface area contributed by atoms with Gasteiger partial charge in [0.25, 0.3) is 0 Å². The number of rotatable bonds is 6. The van der Waals surface area contributed by atoms with Crippen molar-refractivity contribution in [2.24, 2.45) is 0 Å². The van der Waals surface area contributed by atoms with E-state index >= 15 is 0 Å². The van der Waals surface area contributed by atoms with Crippen LogP contribution in [0.4, 0.5) is 0 Å². The molecule has 0 radical (unpaired) electrons. The van der Waals surface area contributed by atoms with Gasteiger partial charge in [-0.3, -0.25) is 0 Å². The number of carbonyl (C=O) groups excluding carboxylic acids is 1. The van der Waals surface area contributed by atoms with Gasteiger partial charge in [0.1, 0.15) is 0 Å². The van der Waals surface area contributed by atoms with E-state index in [1.54, 1.807) is 0 Å². The van der Waals surface area contributed by atoms with Crippen molar-refractivity contribution in [3.8, 4) is 0 Å². The number of benzene rings is 1. The minimum Gasteiger partial charge on any atom is -0.463 e. The Morgan fingerprint density at radius 1 is 1.50 bits per heavy atom. The van der Waals surface area contributed by atoms with Gasteiger partial charge in [0.2, 0.25) is 0 Å². The highest BCUT2D eigenvalue weighted by molar-refractivity contribution is 6.23. The minimum atomic E-state index is -0.425. The number of carbonyl (C=O) groups is 1. The smallest absolute Gasteiger partial charge is 0.330 e. The molecule has 0 aromatic heterocycles. The van der Waals surface area contributed by atoms with E-state index in [2.05, 4.69) is 6.58 Å². The third kappa shape index (κ3) is 4.19. The molecule has 0 aliphatic rings. The van der Waals surface area contributed by atoms with E-state index in [0.717, 1.165) is 18.4 Å². The summed E-state index contributed by atoms with van der Waals surface area (Å²) in [6, 6.07) is 8.07. The lowest BCUT2D eigenvalue weighted by atomic mass is 9.92. The zero-order valence-electron chi connectivity index (χ0n) is 10.9. The molecule has 0 bridgehead atoms. The van der Waals surface area contributed by atoms with E-state index in [1.807, 2.05) is 38.1 Å². The zero-order valence-corrected chi connectivity index (χ0v) is 11.7. The molecule has 0 N–H and O–H groups in total. The van der Waals surface area contributed by atoms with Gasteiger partial charge >= 0.3 is 5.97 Å². The van der Waals surface area contributed by atoms with E-state index < -0.39 is 4.87 Å². The van der Waals surface area contributed by atoms with Crippen LogP contribution in [0.15, 0.2) is 36.9 Å². The SMILES string of the molecule is C=CC(=O)OCCCC(C)(Cl)c1ccccc1C. The molecule has 1 aromatic rings. The molecule has 0 fully saturated rings. The van der Waals surface area contributed by atoms with Crippen LogP contribution in [-0.2, 0) is 14.4 Å². The number of aryl methyl sites for hydroxylation is 1. The highest BCUT2D eigenvalue weighted by Crippen LogP contribution is 2.35. The van der Waals surface area contributed by atoms with E-state index in [1.165, 1.54) is 11.6 Å². The van der Waals surface area contributed by atoms with Crippen molar-refractivity contribution in [2.75, 3.05) is 6.61 Å². The van der Waals surface area contributed by atoms with Crippen molar-refractivity contribution in [2.45, 2.75) is 31.6 Å². The van der Waals surface area contributed by atoms with Gasteiger partial charge < -0.3 is 4.74 Å². The Bertz CT molecular complexity index is 424. The number of esters is 1. The molecule has 1 unspecified atom stereocenters. The summed E-state index contributed by atoms with van der Waals surface area (Å²) in [5, 5.41) is 0. The molecule has 0 aliphatic heterocycles. The maximum absolute atomic E-state index is 10.9. The van der Waals surface area contributed by atoms with Crippen LogP contribution < -0.4 is 0 Å². The van der Waals surface area contributed by atoms with Gasteiger partial charge in [-0.15, -0.1) is 11.6 Å². The predicted molar refractivity (Wildman–Crippen MR) is 74.8 cm³/mol. The van der Waals surface area contributed by atoms with Crippen molar-refractivity contribution >= 4 is 17.6 Å². The van der Waals surface area contributed by atoms with Crippen LogP contribution in [0.5, 0.6) is 0 Å². The quantitative estimate of drug-likeness (QED) is 0.337. The van der Waals surface area contributed by atoms with Gasteiger partial charge in [-0.05, 0) is 37.8 Å². The Morgan fingerprint density at radius 3 is 2.78 bits per heavy atom. The van der Waals surface area contributed by atoms with Crippen LogP contribution in [-0.4, -0.2) is 12.6 Å². The van der Waals surface area contributed by atoms with Gasteiger partial charge in [0.05, 0.1) is 11.5 Å². The van der Waals surface area contributed by atoms with Crippen LogP contribution in [0.3, 0.4) is 0 Å². The van der Waals surface area contributed by atoms with Gasteiger partial charge in [-0.25, -0.2) is 4.79 Å². The number of ether oxygens (including phenoxy) is 1. The second kappa shape index (κ2) is 6.60. The molecule has 0 amide bonds. The third-order valence-electron chi connectivity index (χ3n) is 2.91. The lowest BCUT2D eigenvalue weighted by molar-refractivity contribution is -0.137. The molecule has 3 heteroatoms. The zero-order chi connectivity index (χ0) is 13.6.